The minimum absolute atomic E-state index is 0.0393. The summed E-state index contributed by atoms with van der Waals surface area (Å²) < 4.78 is 40.9. The van der Waals surface area contributed by atoms with E-state index in [1.807, 2.05) is 56.3 Å². The minimum Gasteiger partial charge on any atom is -0.490 e. The van der Waals surface area contributed by atoms with E-state index >= 15 is 0 Å². The third-order valence-corrected chi connectivity index (χ3v) is 11.4. The molecule has 52 heavy (non-hydrogen) atoms. The SMILES string of the molecule is C[C@@H]1CCCCO[C@H](CN(C)S(=O)(=O)c2ccc(Cl)cc2)[C@H](C)CN([C@@H](C)CO)C(=O)c2cc(NC(=O)Nc3cccc4ccccc34)ccc2O1. The van der Waals surface area contributed by atoms with Gasteiger partial charge in [-0.25, -0.2) is 13.2 Å². The molecule has 0 saturated heterocycles. The van der Waals surface area contributed by atoms with Gasteiger partial charge >= 0.3 is 6.03 Å². The summed E-state index contributed by atoms with van der Waals surface area (Å²) in [6.07, 6.45) is 1.38. The summed E-state index contributed by atoms with van der Waals surface area (Å²) in [6.45, 7) is 5.84. The first-order valence-electron chi connectivity index (χ1n) is 17.5. The van der Waals surface area contributed by atoms with Crippen LogP contribution in [-0.4, -0.2) is 86.3 Å². The quantitative estimate of drug-likeness (QED) is 0.173. The fourth-order valence-corrected chi connectivity index (χ4v) is 7.53. The molecule has 1 aliphatic heterocycles. The van der Waals surface area contributed by atoms with Crippen molar-refractivity contribution in [2.24, 2.45) is 5.92 Å². The molecule has 0 spiro atoms. The number of fused-ring (bicyclic) bond motifs is 2. The summed E-state index contributed by atoms with van der Waals surface area (Å²) in [5.41, 5.74) is 1.24. The molecule has 1 aliphatic rings. The Bertz CT molecular complexity index is 1950. The number of ether oxygens (including phenoxy) is 2. The van der Waals surface area contributed by atoms with Gasteiger partial charge in [0.2, 0.25) is 10.0 Å². The Morgan fingerprint density at radius 1 is 1.02 bits per heavy atom. The number of carbonyl (C=O) groups is 2. The lowest BCUT2D eigenvalue weighted by Crippen LogP contribution is -2.48. The lowest BCUT2D eigenvalue weighted by Gasteiger charge is -2.35. The highest BCUT2D eigenvalue weighted by Gasteiger charge is 2.32. The maximum absolute atomic E-state index is 14.5. The number of aliphatic hydroxyl groups is 1. The predicted octanol–water partition coefficient (Wildman–Crippen LogP) is 7.25. The largest absolute Gasteiger partial charge is 0.490 e. The third-order valence-electron chi connectivity index (χ3n) is 9.31. The number of benzene rings is 4. The predicted molar refractivity (Wildman–Crippen MR) is 205 cm³/mol. The number of carbonyl (C=O) groups excluding carboxylic acids is 2. The molecule has 3 N–H and O–H groups in total. The first kappa shape index (κ1) is 39.0. The Balaban J connectivity index is 1.41. The summed E-state index contributed by atoms with van der Waals surface area (Å²) >= 11 is 6.00. The van der Waals surface area contributed by atoms with Crippen LogP contribution < -0.4 is 15.4 Å². The van der Waals surface area contributed by atoms with E-state index in [0.717, 1.165) is 23.6 Å². The second-order valence-electron chi connectivity index (χ2n) is 13.4. The molecule has 13 heteroatoms. The van der Waals surface area contributed by atoms with E-state index in [1.54, 1.807) is 30.0 Å². The van der Waals surface area contributed by atoms with E-state index in [-0.39, 0.29) is 42.2 Å². The summed E-state index contributed by atoms with van der Waals surface area (Å²) in [6, 6.07) is 23.2. The summed E-state index contributed by atoms with van der Waals surface area (Å²) in [5, 5.41) is 18.4. The van der Waals surface area contributed by atoms with E-state index in [9.17, 15) is 23.1 Å². The van der Waals surface area contributed by atoms with Crippen LogP contribution in [0.4, 0.5) is 16.2 Å². The second-order valence-corrected chi connectivity index (χ2v) is 15.8. The zero-order chi connectivity index (χ0) is 37.4. The molecule has 0 saturated carbocycles. The molecule has 4 aromatic carbocycles. The molecule has 0 bridgehead atoms. The van der Waals surface area contributed by atoms with Crippen LogP contribution in [0.25, 0.3) is 10.8 Å². The van der Waals surface area contributed by atoms with Gasteiger partial charge < -0.3 is 30.1 Å². The highest BCUT2D eigenvalue weighted by Crippen LogP contribution is 2.30. The van der Waals surface area contributed by atoms with Crippen LogP contribution in [0.3, 0.4) is 0 Å². The monoisotopic (exact) mass is 750 g/mol. The fraction of sp³-hybridized carbons (Fsp3) is 0.385. The first-order valence-corrected chi connectivity index (χ1v) is 19.3. The highest BCUT2D eigenvalue weighted by atomic mass is 35.5. The van der Waals surface area contributed by atoms with Crippen molar-refractivity contribution in [3.8, 4) is 5.75 Å². The van der Waals surface area contributed by atoms with Crippen molar-refractivity contribution >= 4 is 55.7 Å². The Labute approximate surface area is 310 Å². The lowest BCUT2D eigenvalue weighted by molar-refractivity contribution is -0.00833. The topological polar surface area (TPSA) is 138 Å². The van der Waals surface area contributed by atoms with Gasteiger partial charge in [-0.1, -0.05) is 54.9 Å². The minimum atomic E-state index is -3.86. The Morgan fingerprint density at radius 3 is 2.50 bits per heavy atom. The van der Waals surface area contributed by atoms with Gasteiger partial charge in [-0.15, -0.1) is 0 Å². The van der Waals surface area contributed by atoms with E-state index in [1.165, 1.54) is 35.6 Å². The smallest absolute Gasteiger partial charge is 0.323 e. The van der Waals surface area contributed by atoms with Crippen molar-refractivity contribution in [3.63, 3.8) is 0 Å². The van der Waals surface area contributed by atoms with Gasteiger partial charge in [0, 0.05) is 48.8 Å². The molecule has 0 fully saturated rings. The third kappa shape index (κ3) is 9.61. The number of halogens is 1. The van der Waals surface area contributed by atoms with Crippen LogP contribution in [0.2, 0.25) is 5.02 Å². The van der Waals surface area contributed by atoms with Gasteiger partial charge in [0.25, 0.3) is 5.91 Å². The number of hydrogen-bond acceptors (Lipinski definition) is 7. The molecule has 4 atom stereocenters. The Hall–Kier alpha value is -4.20. The number of likely N-dealkylation sites (N-methyl/N-ethyl adjacent to an activating group) is 1. The van der Waals surface area contributed by atoms with Gasteiger partial charge in [-0.2, -0.15) is 4.31 Å². The molecule has 278 valence electrons. The molecule has 4 aromatic rings. The van der Waals surface area contributed by atoms with Crippen molar-refractivity contribution in [1.29, 1.82) is 0 Å². The molecular formula is C39H47ClN4O7S. The maximum Gasteiger partial charge on any atom is 0.323 e. The highest BCUT2D eigenvalue weighted by molar-refractivity contribution is 7.89. The standard InChI is InChI=1S/C39H47ClN4O7S/c1-26-23-44(27(2)25-45)38(46)34-22-31(41-39(47)42-35-14-9-12-29-11-5-6-13-33(29)35)17-20-36(34)51-28(3)10-7-8-21-50-37(26)24-43(4)52(48,49)32-18-15-30(40)16-19-32/h5-6,9,11-20,22,26-28,37,45H,7-8,10,21,23-25H2,1-4H3,(H2,41,42,47)/t26-,27+,28-,37-/m1/s1. The number of nitrogens with one attached hydrogen (secondary N) is 2. The maximum atomic E-state index is 14.5. The molecule has 0 aliphatic carbocycles. The van der Waals surface area contributed by atoms with Crippen molar-refractivity contribution in [2.75, 3.05) is 44.0 Å². The lowest BCUT2D eigenvalue weighted by atomic mass is 10.0. The van der Waals surface area contributed by atoms with E-state index in [0.29, 0.717) is 35.2 Å². The number of sulfonamides is 1. The van der Waals surface area contributed by atoms with Crippen LogP contribution >= 0.6 is 11.6 Å². The van der Waals surface area contributed by atoms with E-state index < -0.39 is 34.1 Å². The van der Waals surface area contributed by atoms with Gasteiger partial charge in [-0.05, 0) is 87.0 Å². The number of hydrogen-bond donors (Lipinski definition) is 3. The van der Waals surface area contributed by atoms with Crippen LogP contribution in [0, 0.1) is 5.92 Å². The molecule has 1 heterocycles. The summed E-state index contributed by atoms with van der Waals surface area (Å²) in [4.78, 5) is 29.4. The average molecular weight is 751 g/mol. The van der Waals surface area contributed by atoms with Crippen molar-refractivity contribution in [2.45, 2.75) is 63.2 Å². The molecule has 0 unspecified atom stereocenters. The van der Waals surface area contributed by atoms with Gasteiger partial charge in [-0.3, -0.25) is 4.79 Å². The van der Waals surface area contributed by atoms with Crippen LogP contribution in [0.1, 0.15) is 50.4 Å². The van der Waals surface area contributed by atoms with Gasteiger partial charge in [0.1, 0.15) is 5.75 Å². The normalized spacial score (nSPS) is 19.7. The van der Waals surface area contributed by atoms with Gasteiger partial charge in [0.05, 0.1) is 41.0 Å². The zero-order valence-corrected chi connectivity index (χ0v) is 31.5. The van der Waals surface area contributed by atoms with Crippen molar-refractivity contribution in [1.82, 2.24) is 9.21 Å². The first-order chi connectivity index (χ1) is 24.9. The van der Waals surface area contributed by atoms with Gasteiger partial charge in [0.15, 0.2) is 0 Å². The Morgan fingerprint density at radius 2 is 1.75 bits per heavy atom. The van der Waals surface area contributed by atoms with Crippen molar-refractivity contribution in [3.05, 3.63) is 95.5 Å². The second kappa shape index (κ2) is 17.5. The molecule has 5 rings (SSSR count). The van der Waals surface area contributed by atoms with E-state index in [4.69, 9.17) is 21.1 Å². The van der Waals surface area contributed by atoms with Crippen LogP contribution in [-0.2, 0) is 14.8 Å². The van der Waals surface area contributed by atoms with Crippen LogP contribution in [0.5, 0.6) is 5.75 Å². The summed E-state index contributed by atoms with van der Waals surface area (Å²) in [5.74, 6) is -0.398. The molecule has 0 radical (unpaired) electrons. The molecular weight excluding hydrogens is 704 g/mol. The molecule has 3 amide bonds. The summed E-state index contributed by atoms with van der Waals surface area (Å²) in [7, 11) is -2.36. The van der Waals surface area contributed by atoms with Crippen LogP contribution in [0.15, 0.2) is 89.8 Å². The average Bonchev–Trinajstić information content (AvgIpc) is 3.13. The number of anilines is 2. The number of urea groups is 1. The zero-order valence-electron chi connectivity index (χ0n) is 29.9. The molecule has 11 nitrogen and oxygen atoms in total. The molecule has 0 aromatic heterocycles. The Kier molecular flexibility index (Phi) is 13.2. The number of rotatable bonds is 8. The fourth-order valence-electron chi connectivity index (χ4n) is 6.22. The van der Waals surface area contributed by atoms with E-state index in [2.05, 4.69) is 10.6 Å². The van der Waals surface area contributed by atoms with Crippen molar-refractivity contribution < 1.29 is 32.6 Å². The number of nitrogens with zero attached hydrogens (tertiary/aromatic N) is 2. The number of aliphatic hydroxyl groups excluding tert-OH is 1. The number of amides is 3.